The molecule has 5 saturated carbocycles. The number of halogens is 1. The zero-order valence-electron chi connectivity index (χ0n) is 13.0. The van der Waals surface area contributed by atoms with E-state index in [0.29, 0.717) is 22.0 Å². The van der Waals surface area contributed by atoms with Crippen molar-refractivity contribution in [2.45, 2.75) is 76.7 Å². The normalized spacial score (nSPS) is 48.0. The van der Waals surface area contributed by atoms with E-state index >= 15 is 0 Å². The monoisotopic (exact) mass is 305 g/mol. The number of hydrogen-bond acceptors (Lipinski definition) is 2. The van der Waals surface area contributed by atoms with Crippen molar-refractivity contribution < 1.29 is 0 Å². The molecule has 0 aliphatic heterocycles. The molecule has 3 nitrogen and oxygen atoms in total. The van der Waals surface area contributed by atoms with Crippen molar-refractivity contribution in [3.05, 3.63) is 11.1 Å². The molecule has 5 aliphatic rings. The highest BCUT2D eigenvalue weighted by molar-refractivity contribution is 6.28. The molecular weight excluding hydrogens is 282 g/mol. The van der Waals surface area contributed by atoms with Gasteiger partial charge in [0, 0.05) is 11.5 Å². The van der Waals surface area contributed by atoms with Crippen LogP contribution in [0.1, 0.15) is 77.0 Å². The topological polar surface area (TPSA) is 30.7 Å². The lowest BCUT2D eigenvalue weighted by Gasteiger charge is -2.65. The summed E-state index contributed by atoms with van der Waals surface area (Å²) in [6, 6.07) is 0. The summed E-state index contributed by atoms with van der Waals surface area (Å²) in [5.41, 5.74) is 1.21. The predicted octanol–water partition coefficient (Wildman–Crippen LogP) is 4.51. The molecule has 5 fully saturated rings. The fourth-order valence-electron chi connectivity index (χ4n) is 6.96. The van der Waals surface area contributed by atoms with Gasteiger partial charge in [0.15, 0.2) is 0 Å². The van der Waals surface area contributed by atoms with E-state index in [2.05, 4.69) is 28.6 Å². The van der Waals surface area contributed by atoms with E-state index in [-0.39, 0.29) is 5.54 Å². The van der Waals surface area contributed by atoms with Gasteiger partial charge in [0.25, 0.3) is 0 Å². The molecule has 0 N–H and O–H groups in total. The summed E-state index contributed by atoms with van der Waals surface area (Å²) < 4.78 is 2.40. The first kappa shape index (κ1) is 12.9. The zero-order chi connectivity index (χ0) is 14.5. The van der Waals surface area contributed by atoms with Gasteiger partial charge in [0.05, 0.1) is 0 Å². The Morgan fingerprint density at radius 1 is 1.00 bits per heavy atom. The standard InChI is InChI=1S/C17H24ClN3/c1-15-5-11-6-16(2,8-15)10-17(7-11,9-15)21-13(12-3-4-12)19-20-14(21)18/h11-12H,3-10H2,1-2H3. The third kappa shape index (κ3) is 1.73. The first-order valence-corrected chi connectivity index (χ1v) is 8.90. The molecule has 4 heteroatoms. The van der Waals surface area contributed by atoms with Crippen LogP contribution in [0.25, 0.3) is 0 Å². The molecule has 1 aromatic rings. The van der Waals surface area contributed by atoms with Crippen molar-refractivity contribution in [2.75, 3.05) is 0 Å². The Kier molecular flexibility index (Phi) is 2.26. The maximum Gasteiger partial charge on any atom is 0.225 e. The van der Waals surface area contributed by atoms with Crippen molar-refractivity contribution in [1.82, 2.24) is 14.8 Å². The number of hydrogen-bond donors (Lipinski definition) is 0. The Balaban J connectivity index is 1.67. The van der Waals surface area contributed by atoms with E-state index in [1.807, 2.05) is 0 Å². The van der Waals surface area contributed by atoms with E-state index in [4.69, 9.17) is 11.6 Å². The third-order valence-corrected chi connectivity index (χ3v) is 6.91. The number of nitrogens with zero attached hydrogens (tertiary/aromatic N) is 3. The van der Waals surface area contributed by atoms with Gasteiger partial charge in [0.1, 0.15) is 5.82 Å². The van der Waals surface area contributed by atoms with Gasteiger partial charge >= 0.3 is 0 Å². The summed E-state index contributed by atoms with van der Waals surface area (Å²) in [6.07, 6.45) is 10.6. The van der Waals surface area contributed by atoms with Crippen molar-refractivity contribution in [1.29, 1.82) is 0 Å². The van der Waals surface area contributed by atoms with Crippen LogP contribution in [0.5, 0.6) is 0 Å². The van der Waals surface area contributed by atoms with Gasteiger partial charge in [-0.3, -0.25) is 4.57 Å². The second-order valence-corrected chi connectivity index (χ2v) is 9.63. The lowest BCUT2D eigenvalue weighted by atomic mass is 9.42. The highest BCUT2D eigenvalue weighted by atomic mass is 35.5. The van der Waals surface area contributed by atoms with Crippen molar-refractivity contribution >= 4 is 11.6 Å². The van der Waals surface area contributed by atoms with Crippen LogP contribution in [-0.4, -0.2) is 14.8 Å². The van der Waals surface area contributed by atoms with E-state index in [1.54, 1.807) is 0 Å². The van der Waals surface area contributed by atoms with Crippen LogP contribution in [0.4, 0.5) is 0 Å². The summed E-state index contributed by atoms with van der Waals surface area (Å²) in [6.45, 7) is 5.03. The molecule has 0 saturated heterocycles. The number of rotatable bonds is 2. The first-order chi connectivity index (χ1) is 9.91. The quantitative estimate of drug-likeness (QED) is 0.804. The molecule has 1 heterocycles. The van der Waals surface area contributed by atoms with Crippen LogP contribution in [0.3, 0.4) is 0 Å². The highest BCUT2D eigenvalue weighted by Gasteiger charge is 2.62. The van der Waals surface area contributed by atoms with Gasteiger partial charge in [-0.1, -0.05) is 13.8 Å². The lowest BCUT2D eigenvalue weighted by Crippen LogP contribution is -2.59. The third-order valence-electron chi connectivity index (χ3n) is 6.66. The maximum absolute atomic E-state index is 6.53. The fourth-order valence-corrected chi connectivity index (χ4v) is 7.26. The molecule has 6 rings (SSSR count). The summed E-state index contributed by atoms with van der Waals surface area (Å²) in [5, 5.41) is 9.36. The first-order valence-electron chi connectivity index (χ1n) is 8.52. The largest absolute Gasteiger partial charge is 0.295 e. The molecule has 2 unspecified atom stereocenters. The summed E-state index contributed by atoms with van der Waals surface area (Å²) >= 11 is 6.53. The Bertz CT molecular complexity index is 600. The van der Waals surface area contributed by atoms with E-state index in [9.17, 15) is 0 Å². The summed E-state index contributed by atoms with van der Waals surface area (Å²) in [7, 11) is 0. The Morgan fingerprint density at radius 3 is 2.24 bits per heavy atom. The smallest absolute Gasteiger partial charge is 0.225 e. The molecule has 21 heavy (non-hydrogen) atoms. The molecule has 114 valence electrons. The van der Waals surface area contributed by atoms with Crippen LogP contribution in [0, 0.1) is 16.7 Å². The highest BCUT2D eigenvalue weighted by Crippen LogP contribution is 2.69. The van der Waals surface area contributed by atoms with Crippen molar-refractivity contribution in [3.8, 4) is 0 Å². The van der Waals surface area contributed by atoms with Crippen LogP contribution in [0.15, 0.2) is 0 Å². The molecule has 1 aromatic heterocycles. The SMILES string of the molecule is CC12CC3CC(C)(C1)CC(n1c(Cl)nnc1C1CC1)(C3)C2. The lowest BCUT2D eigenvalue weighted by molar-refractivity contribution is -0.136. The van der Waals surface area contributed by atoms with E-state index in [1.165, 1.54) is 57.2 Å². The van der Waals surface area contributed by atoms with Crippen molar-refractivity contribution in [3.63, 3.8) is 0 Å². The predicted molar refractivity (Wildman–Crippen MR) is 82.4 cm³/mol. The van der Waals surface area contributed by atoms with Gasteiger partial charge in [0.2, 0.25) is 5.28 Å². The second kappa shape index (κ2) is 3.67. The summed E-state index contributed by atoms with van der Waals surface area (Å²) in [5.74, 6) is 2.69. The Labute approximate surface area is 131 Å². The Morgan fingerprint density at radius 2 is 1.67 bits per heavy atom. The molecule has 4 bridgehead atoms. The van der Waals surface area contributed by atoms with E-state index in [0.717, 1.165) is 5.92 Å². The van der Waals surface area contributed by atoms with Gasteiger partial charge in [-0.25, -0.2) is 0 Å². The molecule has 2 atom stereocenters. The average Bonchev–Trinajstić information content (AvgIpc) is 3.07. The minimum atomic E-state index is 0.210. The van der Waals surface area contributed by atoms with Crippen molar-refractivity contribution in [2.24, 2.45) is 16.7 Å². The molecule has 0 aromatic carbocycles. The second-order valence-electron chi connectivity index (χ2n) is 9.29. The van der Waals surface area contributed by atoms with Gasteiger partial charge in [-0.2, -0.15) is 0 Å². The minimum Gasteiger partial charge on any atom is -0.295 e. The number of aromatic nitrogens is 3. The van der Waals surface area contributed by atoms with Gasteiger partial charge < -0.3 is 0 Å². The Hall–Kier alpha value is -0.570. The molecular formula is C17H24ClN3. The minimum absolute atomic E-state index is 0.210. The molecule has 0 spiro atoms. The maximum atomic E-state index is 6.53. The van der Waals surface area contributed by atoms with Crippen LogP contribution < -0.4 is 0 Å². The fraction of sp³-hybridized carbons (Fsp3) is 0.882. The van der Waals surface area contributed by atoms with Crippen LogP contribution >= 0.6 is 11.6 Å². The van der Waals surface area contributed by atoms with Gasteiger partial charge in [-0.15, -0.1) is 10.2 Å². The van der Waals surface area contributed by atoms with Gasteiger partial charge in [-0.05, 0) is 79.7 Å². The van der Waals surface area contributed by atoms with E-state index < -0.39 is 0 Å². The zero-order valence-corrected chi connectivity index (χ0v) is 13.8. The van der Waals surface area contributed by atoms with Crippen LogP contribution in [0.2, 0.25) is 5.28 Å². The summed E-state index contributed by atoms with van der Waals surface area (Å²) in [4.78, 5) is 0. The molecule has 0 radical (unpaired) electrons. The molecule has 0 amide bonds. The average molecular weight is 306 g/mol. The van der Waals surface area contributed by atoms with Crippen LogP contribution in [-0.2, 0) is 5.54 Å². The molecule has 5 aliphatic carbocycles.